The van der Waals surface area contributed by atoms with Gasteiger partial charge in [0.1, 0.15) is 5.75 Å². The first-order valence-electron chi connectivity index (χ1n) is 8.39. The topological polar surface area (TPSA) is 67.4 Å². The molecule has 136 valence electrons. The summed E-state index contributed by atoms with van der Waals surface area (Å²) >= 11 is 0. The average molecular weight is 362 g/mol. The Balaban J connectivity index is 1.73. The molecule has 5 nitrogen and oxygen atoms in total. The lowest BCUT2D eigenvalue weighted by molar-refractivity contribution is 0.242. The van der Waals surface area contributed by atoms with Gasteiger partial charge in [-0.1, -0.05) is 29.8 Å². The zero-order valence-electron chi connectivity index (χ0n) is 15.0. The van der Waals surface area contributed by atoms with Crippen LogP contribution in [0.1, 0.15) is 25.0 Å². The second-order valence-electron chi connectivity index (χ2n) is 6.20. The molecular formula is C19H26N2O3S. The second kappa shape index (κ2) is 8.99. The van der Waals surface area contributed by atoms with Crippen molar-refractivity contribution in [1.29, 1.82) is 0 Å². The van der Waals surface area contributed by atoms with Gasteiger partial charge in [0.15, 0.2) is 0 Å². The summed E-state index contributed by atoms with van der Waals surface area (Å²) in [5.41, 5.74) is 2.16. The van der Waals surface area contributed by atoms with E-state index in [-0.39, 0.29) is 6.10 Å². The molecule has 0 atom stereocenters. The van der Waals surface area contributed by atoms with Crippen LogP contribution in [-0.2, 0) is 16.6 Å². The lowest BCUT2D eigenvalue weighted by atomic mass is 10.2. The molecule has 0 fully saturated rings. The van der Waals surface area contributed by atoms with Gasteiger partial charge in [-0.05, 0) is 50.6 Å². The van der Waals surface area contributed by atoms with E-state index in [0.29, 0.717) is 24.5 Å². The van der Waals surface area contributed by atoms with Gasteiger partial charge in [0.2, 0.25) is 10.0 Å². The minimum absolute atomic E-state index is 0.158. The predicted octanol–water partition coefficient (Wildman–Crippen LogP) is 2.85. The van der Waals surface area contributed by atoms with E-state index in [1.54, 1.807) is 24.3 Å². The van der Waals surface area contributed by atoms with Crippen LogP contribution in [-0.4, -0.2) is 27.6 Å². The lowest BCUT2D eigenvalue weighted by Gasteiger charge is -2.11. The van der Waals surface area contributed by atoms with E-state index < -0.39 is 10.0 Å². The molecule has 0 saturated heterocycles. The van der Waals surface area contributed by atoms with Crippen LogP contribution in [0, 0.1) is 6.92 Å². The molecule has 0 aliphatic heterocycles. The van der Waals surface area contributed by atoms with Crippen LogP contribution < -0.4 is 14.8 Å². The van der Waals surface area contributed by atoms with Gasteiger partial charge < -0.3 is 10.1 Å². The predicted molar refractivity (Wildman–Crippen MR) is 100 cm³/mol. The van der Waals surface area contributed by atoms with Gasteiger partial charge in [0, 0.05) is 19.6 Å². The van der Waals surface area contributed by atoms with E-state index in [2.05, 4.69) is 10.0 Å². The summed E-state index contributed by atoms with van der Waals surface area (Å²) in [6.07, 6.45) is 0.158. The van der Waals surface area contributed by atoms with E-state index >= 15 is 0 Å². The van der Waals surface area contributed by atoms with Gasteiger partial charge in [-0.15, -0.1) is 0 Å². The summed E-state index contributed by atoms with van der Waals surface area (Å²) in [4.78, 5) is 0.291. The first-order chi connectivity index (χ1) is 11.9. The number of hydrogen-bond acceptors (Lipinski definition) is 4. The molecule has 0 amide bonds. The minimum Gasteiger partial charge on any atom is -0.491 e. The largest absolute Gasteiger partial charge is 0.491 e. The number of aryl methyl sites for hydroxylation is 1. The molecular weight excluding hydrogens is 336 g/mol. The summed E-state index contributed by atoms with van der Waals surface area (Å²) in [5, 5.41) is 3.23. The summed E-state index contributed by atoms with van der Waals surface area (Å²) in [7, 11) is -3.45. The van der Waals surface area contributed by atoms with E-state index in [1.165, 1.54) is 0 Å². The highest BCUT2D eigenvalue weighted by atomic mass is 32.2. The molecule has 0 spiro atoms. The Bertz CT molecular complexity index is 754. The Morgan fingerprint density at radius 2 is 1.60 bits per heavy atom. The molecule has 0 saturated carbocycles. The molecule has 0 unspecified atom stereocenters. The Kier molecular flexibility index (Phi) is 6.99. The normalized spacial score (nSPS) is 11.7. The van der Waals surface area contributed by atoms with Crippen LogP contribution in [0.3, 0.4) is 0 Å². The summed E-state index contributed by atoms with van der Waals surface area (Å²) in [6, 6.07) is 14.7. The Hall–Kier alpha value is -1.89. The molecule has 2 aromatic carbocycles. The van der Waals surface area contributed by atoms with E-state index in [1.807, 2.05) is 45.0 Å². The quantitative estimate of drug-likeness (QED) is 0.673. The second-order valence-corrected chi connectivity index (χ2v) is 7.97. The highest BCUT2D eigenvalue weighted by molar-refractivity contribution is 7.89. The SMILES string of the molecule is Cc1ccc(S(=O)(=O)NCCNCc2ccc(OC(C)C)cc2)cc1. The van der Waals surface area contributed by atoms with Crippen LogP contribution in [0.5, 0.6) is 5.75 Å². The van der Waals surface area contributed by atoms with E-state index in [0.717, 1.165) is 16.9 Å². The fourth-order valence-electron chi connectivity index (χ4n) is 2.27. The maximum atomic E-state index is 12.1. The fraction of sp³-hybridized carbons (Fsp3) is 0.368. The third kappa shape index (κ3) is 6.49. The van der Waals surface area contributed by atoms with Crippen LogP contribution >= 0.6 is 0 Å². The molecule has 0 aromatic heterocycles. The minimum atomic E-state index is -3.45. The van der Waals surface area contributed by atoms with Gasteiger partial charge in [-0.3, -0.25) is 0 Å². The van der Waals surface area contributed by atoms with Crippen molar-refractivity contribution in [3.8, 4) is 5.75 Å². The Morgan fingerprint density at radius 3 is 2.20 bits per heavy atom. The van der Waals surface area contributed by atoms with Crippen LogP contribution in [0.2, 0.25) is 0 Å². The fourth-order valence-corrected chi connectivity index (χ4v) is 3.30. The first kappa shape index (κ1) is 19.4. The smallest absolute Gasteiger partial charge is 0.240 e. The molecule has 0 aliphatic carbocycles. The number of hydrogen-bond donors (Lipinski definition) is 2. The maximum absolute atomic E-state index is 12.1. The van der Waals surface area contributed by atoms with Crippen LogP contribution in [0.4, 0.5) is 0 Å². The Morgan fingerprint density at radius 1 is 0.960 bits per heavy atom. The van der Waals surface area contributed by atoms with Crippen molar-refractivity contribution >= 4 is 10.0 Å². The monoisotopic (exact) mass is 362 g/mol. The van der Waals surface area contributed by atoms with Crippen LogP contribution in [0.25, 0.3) is 0 Å². The molecule has 25 heavy (non-hydrogen) atoms. The van der Waals surface area contributed by atoms with Crippen molar-refractivity contribution in [2.45, 2.75) is 38.3 Å². The molecule has 2 N–H and O–H groups in total. The van der Waals surface area contributed by atoms with Crippen molar-refractivity contribution in [1.82, 2.24) is 10.0 Å². The average Bonchev–Trinajstić information content (AvgIpc) is 2.56. The van der Waals surface area contributed by atoms with Gasteiger partial charge in [-0.2, -0.15) is 0 Å². The third-order valence-electron chi connectivity index (χ3n) is 3.55. The molecule has 0 radical (unpaired) electrons. The van der Waals surface area contributed by atoms with E-state index in [9.17, 15) is 8.42 Å². The van der Waals surface area contributed by atoms with Crippen molar-refractivity contribution in [2.24, 2.45) is 0 Å². The number of benzene rings is 2. The van der Waals surface area contributed by atoms with Gasteiger partial charge in [-0.25, -0.2) is 13.1 Å². The summed E-state index contributed by atoms with van der Waals surface area (Å²) < 4.78 is 32.5. The third-order valence-corrected chi connectivity index (χ3v) is 5.03. The van der Waals surface area contributed by atoms with Crippen molar-refractivity contribution in [2.75, 3.05) is 13.1 Å². The van der Waals surface area contributed by atoms with Gasteiger partial charge >= 0.3 is 0 Å². The standard InChI is InChI=1S/C19H26N2O3S/c1-15(2)24-18-8-6-17(7-9-18)14-20-12-13-21-25(22,23)19-10-4-16(3)5-11-19/h4-11,15,20-21H,12-14H2,1-3H3. The van der Waals surface area contributed by atoms with Crippen molar-refractivity contribution < 1.29 is 13.2 Å². The molecule has 0 heterocycles. The summed E-state index contributed by atoms with van der Waals surface area (Å²) in [5.74, 6) is 0.851. The zero-order chi connectivity index (χ0) is 18.3. The molecule has 6 heteroatoms. The van der Waals surface area contributed by atoms with Crippen molar-refractivity contribution in [3.05, 3.63) is 59.7 Å². The maximum Gasteiger partial charge on any atom is 0.240 e. The first-order valence-corrected chi connectivity index (χ1v) is 9.88. The summed E-state index contributed by atoms with van der Waals surface area (Å²) in [6.45, 7) is 7.48. The highest BCUT2D eigenvalue weighted by Gasteiger charge is 2.12. The molecule has 2 aromatic rings. The van der Waals surface area contributed by atoms with Crippen molar-refractivity contribution in [3.63, 3.8) is 0 Å². The van der Waals surface area contributed by atoms with Gasteiger partial charge in [0.25, 0.3) is 0 Å². The zero-order valence-corrected chi connectivity index (χ0v) is 15.8. The number of ether oxygens (including phenoxy) is 1. The highest BCUT2D eigenvalue weighted by Crippen LogP contribution is 2.13. The number of sulfonamides is 1. The van der Waals surface area contributed by atoms with Gasteiger partial charge in [0.05, 0.1) is 11.0 Å². The molecule has 0 aliphatic rings. The Labute approximate surface area is 150 Å². The lowest BCUT2D eigenvalue weighted by Crippen LogP contribution is -2.31. The number of nitrogens with one attached hydrogen (secondary N) is 2. The molecule has 0 bridgehead atoms. The van der Waals surface area contributed by atoms with Crippen LogP contribution in [0.15, 0.2) is 53.4 Å². The van der Waals surface area contributed by atoms with E-state index in [4.69, 9.17) is 4.74 Å². The molecule has 2 rings (SSSR count). The number of rotatable bonds is 9.